The zero-order valence-corrected chi connectivity index (χ0v) is 16.8. The molecule has 0 amide bonds. The van der Waals surface area contributed by atoms with Crippen LogP contribution in [0, 0.1) is 6.08 Å². The molecule has 2 rings (SSSR count). The summed E-state index contributed by atoms with van der Waals surface area (Å²) in [6, 6.07) is 12.3. The minimum atomic E-state index is -1.47. The van der Waals surface area contributed by atoms with E-state index in [9.17, 15) is 0 Å². The number of rotatable bonds is 3. The smallest absolute Gasteiger partial charge is 1.00 e. The normalized spacial score (nSPS) is 15.2. The molecule has 0 nitrogen and oxygen atoms in total. The van der Waals surface area contributed by atoms with Crippen molar-refractivity contribution < 1.29 is 58.9 Å². The average molecular weight is 382 g/mol. The Morgan fingerprint density at radius 3 is 2.05 bits per heavy atom. The minimum absolute atomic E-state index is 0. The van der Waals surface area contributed by atoms with Gasteiger partial charge in [-0.05, 0) is 0 Å². The molecular formula is C15H19Cl3SiTi. The van der Waals surface area contributed by atoms with Crippen molar-refractivity contribution in [3.8, 4) is 0 Å². The summed E-state index contributed by atoms with van der Waals surface area (Å²) in [6.45, 7) is 7.01. The number of hydrogen-bond acceptors (Lipinski definition) is 0. The molecule has 0 bridgehead atoms. The molecule has 108 valence electrons. The maximum atomic E-state index is 3.44. The van der Waals surface area contributed by atoms with Gasteiger partial charge in [0.05, 0.1) is 0 Å². The van der Waals surface area contributed by atoms with Crippen LogP contribution >= 0.6 is 0 Å². The zero-order chi connectivity index (χ0) is 11.6. The van der Waals surface area contributed by atoms with Crippen molar-refractivity contribution in [3.05, 3.63) is 53.3 Å². The van der Waals surface area contributed by atoms with Crippen molar-refractivity contribution in [2.45, 2.75) is 32.9 Å². The Labute approximate surface area is 157 Å². The Morgan fingerprint density at radius 1 is 1.10 bits per heavy atom. The monoisotopic (exact) mass is 380 g/mol. The van der Waals surface area contributed by atoms with Crippen LogP contribution in [0.3, 0.4) is 0 Å². The number of halogens is 3. The van der Waals surface area contributed by atoms with Crippen LogP contribution in [-0.4, -0.2) is 8.07 Å². The Hall–Kier alpha value is 0.501. The van der Waals surface area contributed by atoms with E-state index in [0.717, 1.165) is 6.42 Å². The predicted octanol–water partition coefficient (Wildman–Crippen LogP) is -5.38. The largest absolute Gasteiger partial charge is 4.00 e. The van der Waals surface area contributed by atoms with Gasteiger partial charge in [0.1, 0.15) is 0 Å². The second-order valence-electron chi connectivity index (χ2n) is 4.68. The molecule has 1 unspecified atom stereocenters. The molecule has 1 aliphatic carbocycles. The van der Waals surface area contributed by atoms with Crippen LogP contribution in [0.1, 0.15) is 20.3 Å². The van der Waals surface area contributed by atoms with E-state index in [1.807, 2.05) is 0 Å². The Balaban J connectivity index is -0.000000722. The summed E-state index contributed by atoms with van der Waals surface area (Å²) in [7, 11) is -1.47. The van der Waals surface area contributed by atoms with Gasteiger partial charge in [-0.15, -0.1) is 6.42 Å². The van der Waals surface area contributed by atoms with Crippen molar-refractivity contribution in [2.75, 3.05) is 0 Å². The first-order chi connectivity index (χ1) is 7.68. The average Bonchev–Trinajstić information content (AvgIpc) is 2.76. The van der Waals surface area contributed by atoms with Crippen LogP contribution in [0.15, 0.2) is 47.2 Å². The molecule has 0 aromatic heterocycles. The molecule has 20 heavy (non-hydrogen) atoms. The van der Waals surface area contributed by atoms with Crippen LogP contribution in [0.25, 0.3) is 0 Å². The number of hydrogen-bond donors (Lipinski definition) is 0. The fraction of sp³-hybridized carbons (Fsp3) is 0.333. The van der Waals surface area contributed by atoms with Crippen LogP contribution in [0.5, 0.6) is 0 Å². The third kappa shape index (κ3) is 5.05. The van der Waals surface area contributed by atoms with E-state index in [2.05, 4.69) is 62.9 Å². The van der Waals surface area contributed by atoms with Gasteiger partial charge in [-0.1, -0.05) is 62.0 Å². The van der Waals surface area contributed by atoms with Crippen molar-refractivity contribution in [1.29, 1.82) is 0 Å². The molecule has 0 aliphatic heterocycles. The fourth-order valence-electron chi connectivity index (χ4n) is 2.55. The molecule has 0 heterocycles. The molecule has 0 radical (unpaired) electrons. The maximum absolute atomic E-state index is 3.44. The van der Waals surface area contributed by atoms with Gasteiger partial charge in [-0.3, -0.25) is 6.08 Å². The fourth-order valence-corrected chi connectivity index (χ4v) is 6.05. The number of allylic oxidation sites excluding steroid dienone is 4. The third-order valence-corrected chi connectivity index (χ3v) is 8.58. The van der Waals surface area contributed by atoms with Gasteiger partial charge in [0.15, 0.2) is 0 Å². The summed E-state index contributed by atoms with van der Waals surface area (Å²) < 4.78 is 0. The predicted molar refractivity (Wildman–Crippen MR) is 73.3 cm³/mol. The molecule has 0 saturated carbocycles. The Morgan fingerprint density at radius 2 is 1.65 bits per heavy atom. The number of benzene rings is 1. The third-order valence-electron chi connectivity index (χ3n) is 3.79. The second kappa shape index (κ2) is 11.1. The summed E-state index contributed by atoms with van der Waals surface area (Å²) >= 11 is 0. The van der Waals surface area contributed by atoms with Crippen LogP contribution < -0.4 is 42.4 Å². The molecule has 1 aromatic rings. The van der Waals surface area contributed by atoms with Crippen molar-refractivity contribution >= 4 is 13.3 Å². The topological polar surface area (TPSA) is 0 Å². The van der Waals surface area contributed by atoms with E-state index in [1.165, 1.54) is 11.6 Å². The Bertz CT molecular complexity index is 446. The molecule has 1 aliphatic rings. The van der Waals surface area contributed by atoms with Crippen molar-refractivity contribution in [3.63, 3.8) is 0 Å². The molecule has 1 aromatic carbocycles. The molecule has 0 spiro atoms. The van der Waals surface area contributed by atoms with E-state index < -0.39 is 8.07 Å². The maximum Gasteiger partial charge on any atom is 4.00 e. The van der Waals surface area contributed by atoms with E-state index in [0.29, 0.717) is 0 Å². The first kappa shape index (κ1) is 25.5. The Kier molecular flexibility index (Phi) is 14.2. The van der Waals surface area contributed by atoms with E-state index >= 15 is 0 Å². The molecule has 0 saturated heterocycles. The second-order valence-corrected chi connectivity index (χ2v) is 9.16. The van der Waals surface area contributed by atoms with Gasteiger partial charge in [0, 0.05) is 8.07 Å². The van der Waals surface area contributed by atoms with Gasteiger partial charge >= 0.3 is 21.7 Å². The first-order valence-electron chi connectivity index (χ1n) is 6.02. The van der Waals surface area contributed by atoms with Gasteiger partial charge < -0.3 is 37.2 Å². The standard InChI is InChI=1S/C15H19Si.3ClH.Ti/c1-4-16(3,14-10-6-5-7-11-14)15-12-8-9-13(15)2;;;;/h5-7,10-12H,4,8H2,1-3H3;3*1H;/q-1;;;;+4/p-3. The first-order valence-corrected chi connectivity index (χ1v) is 8.73. The summed E-state index contributed by atoms with van der Waals surface area (Å²) in [4.78, 5) is 0. The quantitative estimate of drug-likeness (QED) is 0.362. The minimum Gasteiger partial charge on any atom is -1.00 e. The molecule has 5 heteroatoms. The molecular weight excluding hydrogens is 362 g/mol. The summed E-state index contributed by atoms with van der Waals surface area (Å²) in [6.07, 6.45) is 6.84. The summed E-state index contributed by atoms with van der Waals surface area (Å²) in [5.41, 5.74) is 1.39. The van der Waals surface area contributed by atoms with Crippen molar-refractivity contribution in [1.82, 2.24) is 0 Å². The SMILES string of the molecule is CC[Si](C)(C1=CC[C-]=C1C)c1ccccc1.[Cl-].[Cl-].[Cl-].[Ti+4]. The van der Waals surface area contributed by atoms with Crippen molar-refractivity contribution in [2.24, 2.45) is 0 Å². The van der Waals surface area contributed by atoms with Gasteiger partial charge in [-0.2, -0.15) is 11.3 Å². The van der Waals surface area contributed by atoms with Crippen LogP contribution in [-0.2, 0) is 21.7 Å². The van der Waals surface area contributed by atoms with E-state index in [1.54, 1.807) is 10.4 Å². The zero-order valence-electron chi connectivity index (χ0n) is 12.0. The van der Waals surface area contributed by atoms with E-state index in [-0.39, 0.29) is 58.9 Å². The molecule has 0 N–H and O–H groups in total. The van der Waals surface area contributed by atoms with Gasteiger partial charge in [0.25, 0.3) is 0 Å². The summed E-state index contributed by atoms with van der Waals surface area (Å²) in [5.74, 6) is 0. The van der Waals surface area contributed by atoms with Crippen LogP contribution in [0.2, 0.25) is 12.6 Å². The summed E-state index contributed by atoms with van der Waals surface area (Å²) in [5, 5.41) is 3.15. The van der Waals surface area contributed by atoms with E-state index in [4.69, 9.17) is 0 Å². The molecule has 1 atom stereocenters. The van der Waals surface area contributed by atoms with Gasteiger partial charge in [0.2, 0.25) is 0 Å². The van der Waals surface area contributed by atoms with Gasteiger partial charge in [-0.25, -0.2) is 5.57 Å². The van der Waals surface area contributed by atoms with Crippen LogP contribution in [0.4, 0.5) is 0 Å². The molecule has 0 fully saturated rings.